The Morgan fingerprint density at radius 2 is 1.81 bits per heavy atom. The molecule has 0 atom stereocenters. The number of hydrogen-bond donors (Lipinski definition) is 1. The minimum absolute atomic E-state index is 0.330. The molecular weight excluding hydrogens is 366 g/mol. The molecule has 1 N–H and O–H groups in total. The van der Waals surface area contributed by atoms with E-state index in [4.69, 9.17) is 4.52 Å². The van der Waals surface area contributed by atoms with Crippen molar-refractivity contribution in [2.75, 3.05) is 17.8 Å². The second-order valence-corrected chi connectivity index (χ2v) is 7.97. The number of nitrogens with zero attached hydrogens (tertiary/aromatic N) is 4. The molecule has 1 aliphatic heterocycles. The molecule has 0 unspecified atom stereocenters. The molecule has 1 saturated heterocycles. The standard InChI is InChI=1S/C18H19N5O3S/c24-27(25,23-11-3-4-12-23)22-16-6-2-1-5-15(16)13-17-20-18(21-26-17)14-7-9-19-10-8-14/h1-2,5-10,22H,3-4,11-13H2. The molecule has 0 saturated carbocycles. The summed E-state index contributed by atoms with van der Waals surface area (Å²) in [5, 5.41) is 3.99. The Labute approximate surface area is 157 Å². The van der Waals surface area contributed by atoms with Crippen LogP contribution in [0.2, 0.25) is 0 Å². The Morgan fingerprint density at radius 1 is 1.07 bits per heavy atom. The Balaban J connectivity index is 1.54. The summed E-state index contributed by atoms with van der Waals surface area (Å²) in [7, 11) is -3.56. The molecule has 0 radical (unpaired) electrons. The second-order valence-electron chi connectivity index (χ2n) is 6.29. The lowest BCUT2D eigenvalue weighted by Crippen LogP contribution is -2.33. The third-order valence-corrected chi connectivity index (χ3v) is 5.93. The molecule has 9 heteroatoms. The molecule has 3 aromatic rings. The van der Waals surface area contributed by atoms with Crippen molar-refractivity contribution >= 4 is 15.9 Å². The fourth-order valence-electron chi connectivity index (χ4n) is 3.01. The van der Waals surface area contributed by atoms with Gasteiger partial charge < -0.3 is 4.52 Å². The van der Waals surface area contributed by atoms with Crippen molar-refractivity contribution in [2.24, 2.45) is 0 Å². The first kappa shape index (κ1) is 17.6. The number of benzene rings is 1. The SMILES string of the molecule is O=S(=O)(Nc1ccccc1Cc1nc(-c2ccncc2)no1)N1CCCC1. The van der Waals surface area contributed by atoms with Gasteiger partial charge in [0, 0.05) is 31.0 Å². The summed E-state index contributed by atoms with van der Waals surface area (Å²) in [6.07, 6.45) is 5.43. The summed E-state index contributed by atoms with van der Waals surface area (Å²) in [6, 6.07) is 10.8. The topological polar surface area (TPSA) is 101 Å². The van der Waals surface area contributed by atoms with Gasteiger partial charge in [-0.2, -0.15) is 17.7 Å². The van der Waals surface area contributed by atoms with Gasteiger partial charge in [-0.25, -0.2) is 0 Å². The number of hydrogen-bond acceptors (Lipinski definition) is 6. The van der Waals surface area contributed by atoms with Crippen molar-refractivity contribution < 1.29 is 12.9 Å². The average molecular weight is 385 g/mol. The monoisotopic (exact) mass is 385 g/mol. The van der Waals surface area contributed by atoms with Crippen LogP contribution >= 0.6 is 0 Å². The number of nitrogens with one attached hydrogen (secondary N) is 1. The van der Waals surface area contributed by atoms with Gasteiger partial charge in [-0.3, -0.25) is 9.71 Å². The molecule has 1 aromatic carbocycles. The molecule has 0 amide bonds. The van der Waals surface area contributed by atoms with Gasteiger partial charge in [0.1, 0.15) is 0 Å². The Kier molecular flexibility index (Phi) is 4.87. The van der Waals surface area contributed by atoms with Gasteiger partial charge in [0.25, 0.3) is 0 Å². The highest BCUT2D eigenvalue weighted by Crippen LogP contribution is 2.23. The first-order valence-electron chi connectivity index (χ1n) is 8.70. The molecule has 140 valence electrons. The van der Waals surface area contributed by atoms with Gasteiger partial charge in [-0.1, -0.05) is 23.4 Å². The molecule has 2 aromatic heterocycles. The highest BCUT2D eigenvalue weighted by Gasteiger charge is 2.26. The Hall–Kier alpha value is -2.78. The van der Waals surface area contributed by atoms with Crippen LogP contribution in [-0.2, 0) is 16.6 Å². The lowest BCUT2D eigenvalue weighted by molar-refractivity contribution is 0.386. The molecule has 8 nitrogen and oxygen atoms in total. The Bertz CT molecular complexity index is 1010. The zero-order valence-electron chi connectivity index (χ0n) is 14.6. The average Bonchev–Trinajstić information content (AvgIpc) is 3.36. The number of pyridine rings is 1. The molecule has 0 bridgehead atoms. The predicted molar refractivity (Wildman–Crippen MR) is 100 cm³/mol. The van der Waals surface area contributed by atoms with Crippen molar-refractivity contribution in [2.45, 2.75) is 19.3 Å². The van der Waals surface area contributed by atoms with Crippen LogP contribution in [0, 0.1) is 0 Å². The highest BCUT2D eigenvalue weighted by atomic mass is 32.2. The van der Waals surface area contributed by atoms with E-state index >= 15 is 0 Å². The molecule has 0 aliphatic carbocycles. The number of aromatic nitrogens is 3. The lowest BCUT2D eigenvalue weighted by Gasteiger charge is -2.18. The maximum absolute atomic E-state index is 12.6. The van der Waals surface area contributed by atoms with E-state index in [2.05, 4.69) is 19.8 Å². The molecule has 0 spiro atoms. The largest absolute Gasteiger partial charge is 0.339 e. The minimum atomic E-state index is -3.56. The van der Waals surface area contributed by atoms with E-state index in [1.165, 1.54) is 4.31 Å². The zero-order chi connectivity index (χ0) is 18.7. The molecule has 4 rings (SSSR count). The van der Waals surface area contributed by atoms with E-state index in [9.17, 15) is 8.42 Å². The third-order valence-electron chi connectivity index (χ3n) is 4.41. The smallest absolute Gasteiger partial charge is 0.301 e. The quantitative estimate of drug-likeness (QED) is 0.699. The minimum Gasteiger partial charge on any atom is -0.339 e. The van der Waals surface area contributed by atoms with Crippen LogP contribution < -0.4 is 4.72 Å². The molecular formula is C18H19N5O3S. The van der Waals surface area contributed by atoms with Crippen LogP contribution in [0.25, 0.3) is 11.4 Å². The van der Waals surface area contributed by atoms with Crippen molar-refractivity contribution in [3.63, 3.8) is 0 Å². The van der Waals surface area contributed by atoms with Crippen molar-refractivity contribution in [1.29, 1.82) is 0 Å². The fraction of sp³-hybridized carbons (Fsp3) is 0.278. The molecule has 1 aliphatic rings. The molecule has 27 heavy (non-hydrogen) atoms. The Morgan fingerprint density at radius 3 is 2.59 bits per heavy atom. The van der Waals surface area contributed by atoms with Crippen LogP contribution in [0.5, 0.6) is 0 Å². The van der Waals surface area contributed by atoms with Crippen molar-refractivity contribution in [3.05, 3.63) is 60.2 Å². The van der Waals surface area contributed by atoms with Gasteiger partial charge in [-0.05, 0) is 36.6 Å². The number of anilines is 1. The fourth-order valence-corrected chi connectivity index (χ4v) is 4.36. The highest BCUT2D eigenvalue weighted by molar-refractivity contribution is 7.90. The van der Waals surface area contributed by atoms with Gasteiger partial charge >= 0.3 is 10.2 Å². The van der Waals surface area contributed by atoms with Gasteiger partial charge in [0.15, 0.2) is 0 Å². The second kappa shape index (κ2) is 7.45. The summed E-state index contributed by atoms with van der Waals surface area (Å²) in [5.74, 6) is 0.886. The van der Waals surface area contributed by atoms with Crippen LogP contribution in [-0.4, -0.2) is 40.9 Å². The van der Waals surface area contributed by atoms with Crippen molar-refractivity contribution in [1.82, 2.24) is 19.4 Å². The van der Waals surface area contributed by atoms with Crippen LogP contribution in [0.4, 0.5) is 5.69 Å². The number of para-hydroxylation sites is 1. The summed E-state index contributed by atoms with van der Waals surface area (Å²) >= 11 is 0. The first-order chi connectivity index (χ1) is 13.1. The summed E-state index contributed by atoms with van der Waals surface area (Å²) in [5.41, 5.74) is 2.10. The maximum atomic E-state index is 12.6. The molecule has 1 fully saturated rings. The van der Waals surface area contributed by atoms with Gasteiger partial charge in [-0.15, -0.1) is 0 Å². The van der Waals surface area contributed by atoms with E-state index in [-0.39, 0.29) is 0 Å². The van der Waals surface area contributed by atoms with E-state index in [1.807, 2.05) is 12.1 Å². The summed E-state index contributed by atoms with van der Waals surface area (Å²) in [6.45, 7) is 1.10. The zero-order valence-corrected chi connectivity index (χ0v) is 15.4. The van der Waals surface area contributed by atoms with Gasteiger partial charge in [0.05, 0.1) is 12.1 Å². The predicted octanol–water partition coefficient (Wildman–Crippen LogP) is 2.47. The maximum Gasteiger partial charge on any atom is 0.301 e. The normalized spacial score (nSPS) is 15.1. The third kappa shape index (κ3) is 3.99. The lowest BCUT2D eigenvalue weighted by atomic mass is 10.1. The van der Waals surface area contributed by atoms with E-state index in [0.29, 0.717) is 36.9 Å². The van der Waals surface area contributed by atoms with E-state index < -0.39 is 10.2 Å². The molecule has 3 heterocycles. The van der Waals surface area contributed by atoms with Crippen LogP contribution in [0.15, 0.2) is 53.3 Å². The summed E-state index contributed by atoms with van der Waals surface area (Å²) in [4.78, 5) is 8.37. The van der Waals surface area contributed by atoms with Gasteiger partial charge in [0.2, 0.25) is 11.7 Å². The first-order valence-corrected chi connectivity index (χ1v) is 10.1. The van der Waals surface area contributed by atoms with Crippen LogP contribution in [0.3, 0.4) is 0 Å². The number of rotatable bonds is 6. The van der Waals surface area contributed by atoms with E-state index in [1.54, 1.807) is 36.7 Å². The van der Waals surface area contributed by atoms with E-state index in [0.717, 1.165) is 24.0 Å². The van der Waals surface area contributed by atoms with Crippen molar-refractivity contribution in [3.8, 4) is 11.4 Å². The summed E-state index contributed by atoms with van der Waals surface area (Å²) < 4.78 is 34.6. The van der Waals surface area contributed by atoms with Crippen LogP contribution in [0.1, 0.15) is 24.3 Å².